The van der Waals surface area contributed by atoms with Crippen LogP contribution in [0.25, 0.3) is 0 Å². The van der Waals surface area contributed by atoms with Crippen molar-refractivity contribution in [2.75, 3.05) is 7.11 Å². The summed E-state index contributed by atoms with van der Waals surface area (Å²) in [5, 5.41) is 0. The molecular formula is C17H29NO. The first-order chi connectivity index (χ1) is 8.95. The molecule has 1 atom stereocenters. The summed E-state index contributed by atoms with van der Waals surface area (Å²) in [5.41, 5.74) is 8.77. The molecule has 0 aromatic heterocycles. The Morgan fingerprint density at radius 2 is 1.84 bits per heavy atom. The fraction of sp³-hybridized carbons (Fsp3) is 0.647. The molecule has 0 aliphatic rings. The molecule has 0 spiro atoms. The zero-order chi connectivity index (χ0) is 14.4. The van der Waals surface area contributed by atoms with Crippen molar-refractivity contribution in [2.24, 2.45) is 11.7 Å². The Morgan fingerprint density at radius 1 is 1.16 bits per heavy atom. The molecule has 0 saturated heterocycles. The van der Waals surface area contributed by atoms with Crippen molar-refractivity contribution in [1.82, 2.24) is 0 Å². The molecule has 0 saturated carbocycles. The van der Waals surface area contributed by atoms with Crippen LogP contribution in [0.5, 0.6) is 5.75 Å². The Kier molecular flexibility index (Phi) is 6.36. The second-order valence-corrected chi connectivity index (χ2v) is 6.03. The Bertz CT molecular complexity index is 385. The fourth-order valence-electron chi connectivity index (χ4n) is 2.27. The van der Waals surface area contributed by atoms with Crippen molar-refractivity contribution in [1.29, 1.82) is 0 Å². The summed E-state index contributed by atoms with van der Waals surface area (Å²) in [6, 6.07) is 6.87. The van der Waals surface area contributed by atoms with Crippen molar-refractivity contribution >= 4 is 0 Å². The first kappa shape index (κ1) is 16.0. The standard InChI is InChI=1S/C17H29NO/c1-12(2)15-11-14(9-10-17(15)19-5)7-6-8-16(18)13(3)4/h9-13,16H,6-8,18H2,1-5H3. The third-order valence-corrected chi connectivity index (χ3v) is 3.78. The lowest BCUT2D eigenvalue weighted by Gasteiger charge is -2.16. The largest absolute Gasteiger partial charge is 0.496 e. The van der Waals surface area contributed by atoms with E-state index >= 15 is 0 Å². The van der Waals surface area contributed by atoms with Crippen LogP contribution in [0, 0.1) is 5.92 Å². The third kappa shape index (κ3) is 4.87. The molecule has 0 aliphatic carbocycles. The maximum absolute atomic E-state index is 6.08. The lowest BCUT2D eigenvalue weighted by atomic mass is 9.95. The number of aryl methyl sites for hydroxylation is 1. The van der Waals surface area contributed by atoms with E-state index in [4.69, 9.17) is 10.5 Å². The monoisotopic (exact) mass is 263 g/mol. The van der Waals surface area contributed by atoms with Crippen LogP contribution in [0.4, 0.5) is 0 Å². The number of benzene rings is 1. The summed E-state index contributed by atoms with van der Waals surface area (Å²) in [7, 11) is 1.74. The smallest absolute Gasteiger partial charge is 0.122 e. The van der Waals surface area contributed by atoms with Gasteiger partial charge >= 0.3 is 0 Å². The fourth-order valence-corrected chi connectivity index (χ4v) is 2.27. The zero-order valence-corrected chi connectivity index (χ0v) is 13.1. The molecule has 0 fully saturated rings. The highest BCUT2D eigenvalue weighted by Crippen LogP contribution is 2.27. The number of ether oxygens (including phenoxy) is 1. The van der Waals surface area contributed by atoms with E-state index in [2.05, 4.69) is 45.9 Å². The average Bonchev–Trinajstić information content (AvgIpc) is 2.38. The lowest BCUT2D eigenvalue weighted by Crippen LogP contribution is -2.26. The molecule has 1 aromatic rings. The van der Waals surface area contributed by atoms with Gasteiger partial charge in [-0.25, -0.2) is 0 Å². The first-order valence-corrected chi connectivity index (χ1v) is 7.38. The molecule has 0 amide bonds. The van der Waals surface area contributed by atoms with E-state index in [1.807, 2.05) is 0 Å². The summed E-state index contributed by atoms with van der Waals surface area (Å²) < 4.78 is 5.42. The Morgan fingerprint density at radius 3 is 2.37 bits per heavy atom. The van der Waals surface area contributed by atoms with Crippen LogP contribution >= 0.6 is 0 Å². The van der Waals surface area contributed by atoms with Crippen LogP contribution < -0.4 is 10.5 Å². The van der Waals surface area contributed by atoms with Gasteiger partial charge in [0.15, 0.2) is 0 Å². The van der Waals surface area contributed by atoms with Crippen LogP contribution in [0.15, 0.2) is 18.2 Å². The number of hydrogen-bond donors (Lipinski definition) is 1. The van der Waals surface area contributed by atoms with Gasteiger partial charge in [-0.1, -0.05) is 39.8 Å². The Labute approximate surface area is 118 Å². The molecule has 1 rings (SSSR count). The van der Waals surface area contributed by atoms with Crippen LogP contribution in [-0.4, -0.2) is 13.2 Å². The van der Waals surface area contributed by atoms with Gasteiger partial charge in [0.1, 0.15) is 5.75 Å². The lowest BCUT2D eigenvalue weighted by molar-refractivity contribution is 0.407. The van der Waals surface area contributed by atoms with Crippen LogP contribution in [-0.2, 0) is 6.42 Å². The predicted molar refractivity (Wildman–Crippen MR) is 82.8 cm³/mol. The van der Waals surface area contributed by atoms with Crippen molar-refractivity contribution in [3.8, 4) is 5.75 Å². The number of rotatable bonds is 7. The second-order valence-electron chi connectivity index (χ2n) is 6.03. The minimum atomic E-state index is 0.322. The first-order valence-electron chi connectivity index (χ1n) is 7.38. The van der Waals surface area contributed by atoms with E-state index in [0.717, 1.165) is 25.0 Å². The molecule has 2 N–H and O–H groups in total. The highest BCUT2D eigenvalue weighted by Gasteiger charge is 2.10. The summed E-state index contributed by atoms with van der Waals surface area (Å²) in [6.45, 7) is 8.79. The van der Waals surface area contributed by atoms with Crippen molar-refractivity contribution in [3.63, 3.8) is 0 Å². The topological polar surface area (TPSA) is 35.2 Å². The van der Waals surface area contributed by atoms with Gasteiger partial charge in [0, 0.05) is 6.04 Å². The van der Waals surface area contributed by atoms with E-state index in [1.54, 1.807) is 7.11 Å². The molecule has 1 unspecified atom stereocenters. The van der Waals surface area contributed by atoms with Gasteiger partial charge in [-0.05, 0) is 48.3 Å². The van der Waals surface area contributed by atoms with Crippen molar-refractivity contribution < 1.29 is 4.74 Å². The minimum absolute atomic E-state index is 0.322. The van der Waals surface area contributed by atoms with Crippen LogP contribution in [0.2, 0.25) is 0 Å². The second kappa shape index (κ2) is 7.54. The van der Waals surface area contributed by atoms with Crippen molar-refractivity contribution in [2.45, 2.75) is 58.9 Å². The number of nitrogens with two attached hydrogens (primary N) is 1. The van der Waals surface area contributed by atoms with Gasteiger partial charge in [-0.2, -0.15) is 0 Å². The molecule has 0 bridgehead atoms. The summed E-state index contributed by atoms with van der Waals surface area (Å²) in [6.07, 6.45) is 3.36. The normalized spacial score (nSPS) is 13.1. The van der Waals surface area contributed by atoms with E-state index < -0.39 is 0 Å². The van der Waals surface area contributed by atoms with Gasteiger partial charge in [0.25, 0.3) is 0 Å². The molecule has 2 heteroatoms. The molecule has 0 radical (unpaired) electrons. The summed E-state index contributed by atoms with van der Waals surface area (Å²) in [5.74, 6) is 2.06. The Balaban J connectivity index is 2.62. The molecule has 2 nitrogen and oxygen atoms in total. The quantitative estimate of drug-likeness (QED) is 0.803. The predicted octanol–water partition coefficient (Wildman–Crippen LogP) is 4.12. The summed E-state index contributed by atoms with van der Waals surface area (Å²) >= 11 is 0. The maximum atomic E-state index is 6.08. The maximum Gasteiger partial charge on any atom is 0.122 e. The van der Waals surface area contributed by atoms with Gasteiger partial charge in [-0.3, -0.25) is 0 Å². The van der Waals surface area contributed by atoms with Crippen molar-refractivity contribution in [3.05, 3.63) is 29.3 Å². The average molecular weight is 263 g/mol. The zero-order valence-electron chi connectivity index (χ0n) is 13.1. The van der Waals surface area contributed by atoms with Crippen LogP contribution in [0.1, 0.15) is 57.6 Å². The molecule has 1 aromatic carbocycles. The SMILES string of the molecule is COc1ccc(CCCC(N)C(C)C)cc1C(C)C. The van der Waals surface area contributed by atoms with E-state index in [0.29, 0.717) is 17.9 Å². The van der Waals surface area contributed by atoms with Crippen LogP contribution in [0.3, 0.4) is 0 Å². The molecular weight excluding hydrogens is 234 g/mol. The summed E-state index contributed by atoms with van der Waals surface area (Å²) in [4.78, 5) is 0. The van der Waals surface area contributed by atoms with Gasteiger partial charge in [0.05, 0.1) is 7.11 Å². The molecule has 0 aliphatic heterocycles. The van der Waals surface area contributed by atoms with E-state index in [1.165, 1.54) is 11.1 Å². The van der Waals surface area contributed by atoms with E-state index in [-0.39, 0.29) is 0 Å². The molecule has 19 heavy (non-hydrogen) atoms. The minimum Gasteiger partial charge on any atom is -0.496 e. The highest BCUT2D eigenvalue weighted by atomic mass is 16.5. The number of hydrogen-bond acceptors (Lipinski definition) is 2. The van der Waals surface area contributed by atoms with Gasteiger partial charge < -0.3 is 10.5 Å². The van der Waals surface area contributed by atoms with Gasteiger partial charge in [-0.15, -0.1) is 0 Å². The molecule has 0 heterocycles. The third-order valence-electron chi connectivity index (χ3n) is 3.78. The molecule has 108 valence electrons. The highest BCUT2D eigenvalue weighted by molar-refractivity contribution is 5.39. The Hall–Kier alpha value is -1.02. The number of methoxy groups -OCH3 is 1. The van der Waals surface area contributed by atoms with Gasteiger partial charge in [0.2, 0.25) is 0 Å². The van der Waals surface area contributed by atoms with E-state index in [9.17, 15) is 0 Å².